The predicted octanol–water partition coefficient (Wildman–Crippen LogP) is 1.83. The molecule has 0 unspecified atom stereocenters. The van der Waals surface area contributed by atoms with Crippen molar-refractivity contribution in [1.82, 2.24) is 30.7 Å². The number of hydrogen-bond acceptors (Lipinski definition) is 8. The predicted molar refractivity (Wildman–Crippen MR) is 152 cm³/mol. The quantitative estimate of drug-likeness (QED) is 0.339. The maximum Gasteiger partial charge on any atom is 0.328 e. The zero-order valence-corrected chi connectivity index (χ0v) is 23.2. The highest BCUT2D eigenvalue weighted by Gasteiger charge is 2.56. The summed E-state index contributed by atoms with van der Waals surface area (Å²) in [4.78, 5) is 59.0. The van der Waals surface area contributed by atoms with Crippen LogP contribution in [0.5, 0.6) is 5.75 Å². The van der Waals surface area contributed by atoms with Crippen molar-refractivity contribution in [2.45, 2.75) is 31.9 Å². The first-order valence-electron chi connectivity index (χ1n) is 13.7. The molecule has 3 aromatic rings. The fourth-order valence-corrected chi connectivity index (χ4v) is 5.62. The van der Waals surface area contributed by atoms with Crippen molar-refractivity contribution >= 4 is 34.7 Å². The first-order chi connectivity index (χ1) is 19.8. The average Bonchev–Trinajstić information content (AvgIpc) is 2.97. The van der Waals surface area contributed by atoms with Crippen molar-refractivity contribution in [1.29, 1.82) is 0 Å². The molecule has 11 heteroatoms. The minimum atomic E-state index is -1.70. The summed E-state index contributed by atoms with van der Waals surface area (Å²) in [6.07, 6.45) is 1.16. The molecule has 2 aliphatic rings. The van der Waals surface area contributed by atoms with E-state index in [1.807, 2.05) is 42.2 Å². The number of fused-ring (bicyclic) bond motifs is 1. The monoisotopic (exact) mass is 558 g/mol. The molecule has 0 bridgehead atoms. The van der Waals surface area contributed by atoms with Crippen LogP contribution in [0.1, 0.15) is 29.7 Å². The van der Waals surface area contributed by atoms with Gasteiger partial charge in [0.25, 0.3) is 11.8 Å². The molecule has 2 aromatic carbocycles. The summed E-state index contributed by atoms with van der Waals surface area (Å²) in [6, 6.07) is 15.9. The van der Waals surface area contributed by atoms with Crippen LogP contribution in [-0.4, -0.2) is 78.3 Å². The Morgan fingerprint density at radius 1 is 1.00 bits per heavy atom. The normalized spacial score (nSPS) is 17.7. The minimum Gasteiger partial charge on any atom is -0.489 e. The van der Waals surface area contributed by atoms with Crippen molar-refractivity contribution < 1.29 is 23.9 Å². The van der Waals surface area contributed by atoms with E-state index in [0.29, 0.717) is 50.5 Å². The van der Waals surface area contributed by atoms with Gasteiger partial charge < -0.3 is 15.0 Å². The molecule has 0 atom stereocenters. The van der Waals surface area contributed by atoms with Crippen LogP contribution < -0.4 is 20.7 Å². The summed E-state index contributed by atoms with van der Waals surface area (Å²) < 4.78 is 6.09. The number of aryl methyl sites for hydroxylation is 1. The zero-order valence-electron chi connectivity index (χ0n) is 23.2. The molecule has 214 valence electrons. The largest absolute Gasteiger partial charge is 0.489 e. The smallest absolute Gasteiger partial charge is 0.328 e. The lowest BCUT2D eigenvalue weighted by atomic mass is 9.84. The van der Waals surface area contributed by atoms with E-state index < -0.39 is 23.4 Å². The molecular formula is C30H34N6O5. The van der Waals surface area contributed by atoms with Gasteiger partial charge in [-0.3, -0.25) is 34.9 Å². The first-order valence-corrected chi connectivity index (χ1v) is 13.7. The van der Waals surface area contributed by atoms with Gasteiger partial charge in [0.2, 0.25) is 11.4 Å². The number of benzene rings is 2. The number of ether oxygens (including phenoxy) is 1. The zero-order chi connectivity index (χ0) is 29.0. The fraction of sp³-hybridized carbons (Fsp3) is 0.367. The number of rotatable bonds is 9. The molecule has 0 saturated carbocycles. The number of piperazine rings is 1. The maximum absolute atomic E-state index is 13.4. The lowest BCUT2D eigenvalue weighted by molar-refractivity contribution is -0.150. The molecule has 0 radical (unpaired) electrons. The molecule has 0 aliphatic carbocycles. The Balaban J connectivity index is 1.33. The number of amides is 5. The highest BCUT2D eigenvalue weighted by Crippen LogP contribution is 2.34. The Labute approximate surface area is 238 Å². The van der Waals surface area contributed by atoms with Crippen LogP contribution in [0.2, 0.25) is 0 Å². The number of hydrogen-bond donors (Lipinski definition) is 3. The second-order valence-corrected chi connectivity index (χ2v) is 10.3. The molecule has 2 saturated heterocycles. The number of aromatic nitrogens is 1. The molecule has 41 heavy (non-hydrogen) atoms. The van der Waals surface area contributed by atoms with Gasteiger partial charge >= 0.3 is 6.03 Å². The van der Waals surface area contributed by atoms with Crippen LogP contribution in [-0.2, 0) is 26.5 Å². The topological polar surface area (TPSA) is 133 Å². The highest BCUT2D eigenvalue weighted by molar-refractivity contribution is 6.22. The summed E-state index contributed by atoms with van der Waals surface area (Å²) >= 11 is 0. The number of nitrogens with zero attached hydrogens (tertiary/aromatic N) is 3. The van der Waals surface area contributed by atoms with Gasteiger partial charge in [-0.1, -0.05) is 30.3 Å². The van der Waals surface area contributed by atoms with E-state index in [1.165, 1.54) is 0 Å². The van der Waals surface area contributed by atoms with Crippen molar-refractivity contribution in [3.05, 3.63) is 71.4 Å². The van der Waals surface area contributed by atoms with Crippen LogP contribution in [0.4, 0.5) is 4.79 Å². The van der Waals surface area contributed by atoms with Gasteiger partial charge in [-0.25, -0.2) is 4.79 Å². The molecule has 1 aromatic heterocycles. The second-order valence-electron chi connectivity index (χ2n) is 10.3. The summed E-state index contributed by atoms with van der Waals surface area (Å²) in [6.45, 7) is 5.10. The van der Waals surface area contributed by atoms with Crippen molar-refractivity contribution in [3.63, 3.8) is 0 Å². The number of carbonyl (C=O) groups is 4. The summed E-state index contributed by atoms with van der Waals surface area (Å²) in [5.74, 6) is -0.769. The standard InChI is InChI=1S/C30H34N6O5/c1-20-18-21(24-6-3-4-7-25(24)32-20)19-41-23-11-9-22(10-12-23)30(27(38)33-29(40)34-28(30)39)36-16-14-35(15-17-36)13-5-8-26(37)31-2/h3-4,6-7,9-12,18H,5,8,13-17,19H2,1-2H3,(H,31,37)(H2,33,34,38,39,40). The molecule has 3 heterocycles. The molecular weight excluding hydrogens is 524 g/mol. The maximum atomic E-state index is 13.4. The SMILES string of the molecule is CNC(=O)CCCN1CCN(C2(c3ccc(OCc4cc(C)nc5ccccc45)cc3)C(=O)NC(=O)NC2=O)CC1. The Kier molecular flexibility index (Phi) is 8.27. The molecule has 11 nitrogen and oxygen atoms in total. The van der Waals surface area contributed by atoms with Crippen LogP contribution in [0.25, 0.3) is 10.9 Å². The van der Waals surface area contributed by atoms with Gasteiger partial charge in [0.05, 0.1) is 5.52 Å². The molecule has 2 aliphatic heterocycles. The van der Waals surface area contributed by atoms with Gasteiger partial charge in [0.1, 0.15) is 12.4 Å². The van der Waals surface area contributed by atoms with Gasteiger partial charge in [-0.05, 0) is 49.7 Å². The Bertz CT molecular complexity index is 1450. The number of barbiturate groups is 1. The summed E-state index contributed by atoms with van der Waals surface area (Å²) in [5, 5.41) is 8.24. The number of urea groups is 1. The highest BCUT2D eigenvalue weighted by atomic mass is 16.5. The van der Waals surface area contributed by atoms with E-state index in [1.54, 1.807) is 31.3 Å². The average molecular weight is 559 g/mol. The number of pyridine rings is 1. The van der Waals surface area contributed by atoms with E-state index >= 15 is 0 Å². The Morgan fingerprint density at radius 3 is 2.37 bits per heavy atom. The van der Waals surface area contributed by atoms with Crippen molar-refractivity contribution in [2.24, 2.45) is 0 Å². The fourth-order valence-electron chi connectivity index (χ4n) is 5.62. The van der Waals surface area contributed by atoms with Gasteiger partial charge in [0, 0.05) is 56.3 Å². The van der Waals surface area contributed by atoms with Crippen LogP contribution in [0.3, 0.4) is 0 Å². The Morgan fingerprint density at radius 2 is 1.68 bits per heavy atom. The lowest BCUT2D eigenvalue weighted by Gasteiger charge is -2.46. The Hall–Kier alpha value is -4.35. The second kappa shape index (κ2) is 12.0. The van der Waals surface area contributed by atoms with E-state index in [4.69, 9.17) is 4.74 Å². The number of carbonyl (C=O) groups excluding carboxylic acids is 4. The molecule has 5 rings (SSSR count). The van der Waals surface area contributed by atoms with Gasteiger partial charge in [-0.15, -0.1) is 0 Å². The third-order valence-corrected chi connectivity index (χ3v) is 7.71. The third kappa shape index (κ3) is 5.77. The molecule has 5 amide bonds. The van der Waals surface area contributed by atoms with Crippen LogP contribution in [0, 0.1) is 6.92 Å². The lowest BCUT2D eigenvalue weighted by Crippen LogP contribution is -2.72. The molecule has 2 fully saturated rings. The van der Waals surface area contributed by atoms with E-state index in [2.05, 4.69) is 25.8 Å². The number of nitrogens with one attached hydrogen (secondary N) is 3. The van der Waals surface area contributed by atoms with E-state index in [-0.39, 0.29) is 5.91 Å². The first kappa shape index (κ1) is 28.2. The molecule has 0 spiro atoms. The van der Waals surface area contributed by atoms with Crippen molar-refractivity contribution in [3.8, 4) is 5.75 Å². The van der Waals surface area contributed by atoms with E-state index in [0.717, 1.165) is 35.1 Å². The van der Waals surface area contributed by atoms with Crippen molar-refractivity contribution in [2.75, 3.05) is 39.8 Å². The number of imide groups is 2. The van der Waals surface area contributed by atoms with E-state index in [9.17, 15) is 19.2 Å². The summed E-state index contributed by atoms with van der Waals surface area (Å²) in [7, 11) is 1.62. The van der Waals surface area contributed by atoms with Gasteiger partial charge in [0.15, 0.2) is 0 Å². The number of para-hydroxylation sites is 1. The third-order valence-electron chi connectivity index (χ3n) is 7.71. The summed E-state index contributed by atoms with van der Waals surface area (Å²) in [5.41, 5.74) is 1.56. The minimum absolute atomic E-state index is 0.000489. The molecule has 3 N–H and O–H groups in total. The van der Waals surface area contributed by atoms with Gasteiger partial charge in [-0.2, -0.15) is 0 Å². The van der Waals surface area contributed by atoms with Crippen LogP contribution >= 0.6 is 0 Å². The van der Waals surface area contributed by atoms with Crippen LogP contribution in [0.15, 0.2) is 54.6 Å².